The van der Waals surface area contributed by atoms with Crippen molar-refractivity contribution in [3.63, 3.8) is 0 Å². The normalized spacial score (nSPS) is 15.5. The number of hydrogen-bond donors (Lipinski definition) is 0. The maximum atomic E-state index is 13.0. The average Bonchev–Trinajstić information content (AvgIpc) is 2.94. The first-order chi connectivity index (χ1) is 13.3. The average molecular weight is 496 g/mol. The molecule has 1 saturated heterocycles. The molecule has 0 spiro atoms. The van der Waals surface area contributed by atoms with Gasteiger partial charge in [-0.2, -0.15) is 5.10 Å². The van der Waals surface area contributed by atoms with E-state index in [0.717, 1.165) is 5.56 Å². The summed E-state index contributed by atoms with van der Waals surface area (Å²) in [5.74, 6) is -0.144. The lowest BCUT2D eigenvalue weighted by atomic mass is 10.2. The number of piperazine rings is 1. The molecule has 152 valence electrons. The number of benzene rings is 1. The van der Waals surface area contributed by atoms with Crippen LogP contribution in [0.5, 0.6) is 0 Å². The minimum absolute atomic E-state index is 0.0620. The second-order valence-corrected chi connectivity index (χ2v) is 8.21. The smallest absolute Gasteiger partial charge is 0.283 e. The zero-order chi connectivity index (χ0) is 20.4. The molecule has 2 aromatic rings. The van der Waals surface area contributed by atoms with E-state index in [9.17, 15) is 13.6 Å². The van der Waals surface area contributed by atoms with Crippen LogP contribution in [-0.2, 0) is 17.9 Å². The zero-order valence-corrected chi connectivity index (χ0v) is 18.2. The van der Waals surface area contributed by atoms with E-state index in [4.69, 9.17) is 23.2 Å². The Kier molecular flexibility index (Phi) is 6.96. The maximum absolute atomic E-state index is 13.0. The quantitative estimate of drug-likeness (QED) is 0.611. The van der Waals surface area contributed by atoms with Crippen LogP contribution in [0.25, 0.3) is 0 Å². The van der Waals surface area contributed by atoms with E-state index in [-0.39, 0.29) is 22.6 Å². The van der Waals surface area contributed by atoms with Crippen molar-refractivity contribution in [1.82, 2.24) is 19.6 Å². The predicted octanol–water partition coefficient (Wildman–Crippen LogP) is 4.54. The van der Waals surface area contributed by atoms with E-state index in [1.54, 1.807) is 30.0 Å². The van der Waals surface area contributed by atoms with Crippen LogP contribution in [0.15, 0.2) is 22.7 Å². The van der Waals surface area contributed by atoms with Gasteiger partial charge in [-0.3, -0.25) is 14.4 Å². The molecule has 1 aliphatic rings. The number of halogens is 5. The largest absolute Gasteiger partial charge is 0.339 e. The Morgan fingerprint density at radius 1 is 1.21 bits per heavy atom. The Labute approximate surface area is 180 Å². The summed E-state index contributed by atoms with van der Waals surface area (Å²) in [6.07, 6.45) is -2.69. The highest BCUT2D eigenvalue weighted by Crippen LogP contribution is 2.29. The Morgan fingerprint density at radius 3 is 2.36 bits per heavy atom. The number of carbonyl (C=O) groups is 1. The van der Waals surface area contributed by atoms with Gasteiger partial charge in [0.05, 0.1) is 10.2 Å². The number of carbonyl (C=O) groups excluding carboxylic acids is 1. The summed E-state index contributed by atoms with van der Waals surface area (Å²) in [5, 5.41) is 5.12. The van der Waals surface area contributed by atoms with Crippen molar-refractivity contribution in [3.05, 3.63) is 49.7 Å². The Bertz CT molecular complexity index is 849. The molecule has 10 heteroatoms. The predicted molar refractivity (Wildman–Crippen MR) is 108 cm³/mol. The fraction of sp³-hybridized carbons (Fsp3) is 0.444. The van der Waals surface area contributed by atoms with Crippen LogP contribution < -0.4 is 0 Å². The highest BCUT2D eigenvalue weighted by molar-refractivity contribution is 9.10. The molecular formula is C18H19BrCl2F2N4O. The van der Waals surface area contributed by atoms with Crippen molar-refractivity contribution in [3.8, 4) is 0 Å². The first-order valence-electron chi connectivity index (χ1n) is 8.72. The molecule has 3 rings (SSSR count). The number of amides is 1. The molecule has 1 aliphatic heterocycles. The lowest BCUT2D eigenvalue weighted by Gasteiger charge is -2.35. The first-order valence-corrected chi connectivity index (χ1v) is 10.3. The van der Waals surface area contributed by atoms with Gasteiger partial charge in [0.1, 0.15) is 12.2 Å². The highest BCUT2D eigenvalue weighted by Gasteiger charge is 2.25. The Hall–Kier alpha value is -1.22. The zero-order valence-electron chi connectivity index (χ0n) is 15.1. The molecule has 1 amide bonds. The summed E-state index contributed by atoms with van der Waals surface area (Å²) in [6, 6.07) is 5.42. The van der Waals surface area contributed by atoms with Crippen LogP contribution in [0.1, 0.15) is 23.4 Å². The van der Waals surface area contributed by atoms with Crippen molar-refractivity contribution >= 4 is 45.0 Å². The maximum Gasteiger partial charge on any atom is 0.283 e. The van der Waals surface area contributed by atoms with Crippen LogP contribution >= 0.6 is 39.1 Å². The van der Waals surface area contributed by atoms with Crippen LogP contribution in [0, 0.1) is 6.92 Å². The molecule has 0 atom stereocenters. The number of rotatable bonds is 5. The Morgan fingerprint density at radius 2 is 1.82 bits per heavy atom. The molecule has 0 saturated carbocycles. The van der Waals surface area contributed by atoms with E-state index in [1.807, 2.05) is 0 Å². The van der Waals surface area contributed by atoms with Gasteiger partial charge in [-0.1, -0.05) is 29.3 Å². The van der Waals surface area contributed by atoms with Crippen molar-refractivity contribution in [2.24, 2.45) is 0 Å². The van der Waals surface area contributed by atoms with Gasteiger partial charge in [0, 0.05) is 48.3 Å². The number of aromatic nitrogens is 2. The molecule has 1 fully saturated rings. The van der Waals surface area contributed by atoms with E-state index < -0.39 is 6.43 Å². The number of hydrogen-bond acceptors (Lipinski definition) is 3. The highest BCUT2D eigenvalue weighted by atomic mass is 79.9. The van der Waals surface area contributed by atoms with Crippen molar-refractivity contribution in [2.75, 3.05) is 26.2 Å². The van der Waals surface area contributed by atoms with Gasteiger partial charge < -0.3 is 4.90 Å². The summed E-state index contributed by atoms with van der Waals surface area (Å²) >= 11 is 15.6. The standard InChI is InChI=1S/C18H19BrCl2F2N4O/c1-11-16(19)17(18(22)23)24-27(11)10-15(28)26-7-5-25(6-8-26)9-12-13(20)3-2-4-14(12)21/h2-4,18H,5-10H2,1H3. The second kappa shape index (κ2) is 9.07. The van der Waals surface area contributed by atoms with Gasteiger partial charge in [-0.15, -0.1) is 0 Å². The van der Waals surface area contributed by atoms with E-state index >= 15 is 0 Å². The van der Waals surface area contributed by atoms with Gasteiger partial charge >= 0.3 is 0 Å². The molecule has 1 aromatic carbocycles. The third-order valence-electron chi connectivity index (χ3n) is 4.82. The third-order valence-corrected chi connectivity index (χ3v) is 6.51. The van der Waals surface area contributed by atoms with Gasteiger partial charge in [0.15, 0.2) is 0 Å². The van der Waals surface area contributed by atoms with E-state index in [1.165, 1.54) is 4.68 Å². The summed E-state index contributed by atoms with van der Waals surface area (Å²) in [5.41, 5.74) is 1.05. The minimum atomic E-state index is -2.69. The summed E-state index contributed by atoms with van der Waals surface area (Å²) in [6.45, 7) is 4.65. The monoisotopic (exact) mass is 494 g/mol. The molecular weight excluding hydrogens is 477 g/mol. The molecule has 0 radical (unpaired) electrons. The van der Waals surface area contributed by atoms with E-state index in [0.29, 0.717) is 48.5 Å². The fourth-order valence-corrected chi connectivity index (χ4v) is 4.11. The van der Waals surface area contributed by atoms with Crippen molar-refractivity contribution < 1.29 is 13.6 Å². The summed E-state index contributed by atoms with van der Waals surface area (Å²) in [4.78, 5) is 16.5. The minimum Gasteiger partial charge on any atom is -0.339 e. The van der Waals surface area contributed by atoms with Gasteiger partial charge in [-0.05, 0) is 35.0 Å². The lowest BCUT2D eigenvalue weighted by Crippen LogP contribution is -2.49. The third kappa shape index (κ3) is 4.67. The molecule has 0 N–H and O–H groups in total. The summed E-state index contributed by atoms with van der Waals surface area (Å²) in [7, 11) is 0. The van der Waals surface area contributed by atoms with Crippen LogP contribution in [-0.4, -0.2) is 51.7 Å². The molecule has 0 bridgehead atoms. The SMILES string of the molecule is Cc1c(Br)c(C(F)F)nn1CC(=O)N1CCN(Cc2c(Cl)cccc2Cl)CC1. The number of alkyl halides is 2. The molecule has 1 aromatic heterocycles. The topological polar surface area (TPSA) is 41.4 Å². The lowest BCUT2D eigenvalue weighted by molar-refractivity contribution is -0.133. The fourth-order valence-electron chi connectivity index (χ4n) is 3.13. The first kappa shape index (κ1) is 21.5. The van der Waals surface area contributed by atoms with Gasteiger partial charge in [0.25, 0.3) is 6.43 Å². The van der Waals surface area contributed by atoms with Gasteiger partial charge in [-0.25, -0.2) is 8.78 Å². The number of nitrogens with zero attached hydrogens (tertiary/aromatic N) is 4. The van der Waals surface area contributed by atoms with Crippen molar-refractivity contribution in [1.29, 1.82) is 0 Å². The van der Waals surface area contributed by atoms with Crippen LogP contribution in [0.4, 0.5) is 8.78 Å². The molecule has 28 heavy (non-hydrogen) atoms. The molecule has 0 aliphatic carbocycles. The Balaban J connectivity index is 1.58. The van der Waals surface area contributed by atoms with Crippen molar-refractivity contribution in [2.45, 2.75) is 26.4 Å². The summed E-state index contributed by atoms with van der Waals surface area (Å²) < 4.78 is 27.5. The molecule has 2 heterocycles. The molecule has 5 nitrogen and oxygen atoms in total. The van der Waals surface area contributed by atoms with Gasteiger partial charge in [0.2, 0.25) is 5.91 Å². The van der Waals surface area contributed by atoms with Crippen LogP contribution in [0.3, 0.4) is 0 Å². The molecule has 0 unspecified atom stereocenters. The second-order valence-electron chi connectivity index (χ2n) is 6.60. The van der Waals surface area contributed by atoms with Crippen LogP contribution in [0.2, 0.25) is 10.0 Å². The van der Waals surface area contributed by atoms with E-state index in [2.05, 4.69) is 25.9 Å².